The van der Waals surface area contributed by atoms with Crippen LogP contribution in [-0.4, -0.2) is 14.2 Å². The van der Waals surface area contributed by atoms with Gasteiger partial charge in [-0.25, -0.2) is 0 Å². The molecule has 1 aromatic carbocycles. The van der Waals surface area contributed by atoms with E-state index in [0.29, 0.717) is 11.2 Å². The fourth-order valence-corrected chi connectivity index (χ4v) is 4.81. The van der Waals surface area contributed by atoms with Crippen LogP contribution in [0.3, 0.4) is 0 Å². The molecule has 2 rings (SSSR count). The molecule has 1 fully saturated rings. The average molecular weight is 362 g/mol. The fourth-order valence-electron chi connectivity index (χ4n) is 3.26. The smallest absolute Gasteiger partial charge is 0.162 e. The van der Waals surface area contributed by atoms with Crippen molar-refractivity contribution in [3.05, 3.63) is 22.7 Å². The molecule has 1 saturated carbocycles. The minimum Gasteiger partial charge on any atom is -0.493 e. The third-order valence-corrected chi connectivity index (χ3v) is 6.41. The second-order valence-electron chi connectivity index (χ2n) is 5.51. The van der Waals surface area contributed by atoms with Crippen LogP contribution in [0.2, 0.25) is 5.02 Å². The molecule has 1 atom stereocenters. The first-order valence-electron chi connectivity index (χ1n) is 7.13. The maximum Gasteiger partial charge on any atom is 0.162 e. The molecular weight excluding hydrogens is 340 g/mol. The average Bonchev–Trinajstić information content (AvgIpc) is 2.96. The third-order valence-electron chi connectivity index (χ3n) is 4.62. The molecule has 0 bridgehead atoms. The Labute approximate surface area is 134 Å². The molecule has 0 radical (unpaired) electrons. The van der Waals surface area contributed by atoms with Crippen molar-refractivity contribution in [1.82, 2.24) is 0 Å². The van der Waals surface area contributed by atoms with Gasteiger partial charge in [-0.15, -0.1) is 0 Å². The minimum absolute atomic E-state index is 0.259. The minimum atomic E-state index is 0.259. The van der Waals surface area contributed by atoms with Gasteiger partial charge in [-0.1, -0.05) is 47.3 Å². The van der Waals surface area contributed by atoms with Gasteiger partial charge in [0.05, 0.1) is 14.2 Å². The van der Waals surface area contributed by atoms with Crippen LogP contribution in [0.25, 0.3) is 0 Å². The van der Waals surface area contributed by atoms with Crippen LogP contribution in [0, 0.1) is 5.41 Å². The highest BCUT2D eigenvalue weighted by atomic mass is 79.9. The number of benzene rings is 1. The maximum absolute atomic E-state index is 6.46. The van der Waals surface area contributed by atoms with Crippen LogP contribution in [0.4, 0.5) is 0 Å². The Balaban J connectivity index is 2.41. The normalized spacial score (nSPS) is 18.9. The van der Waals surface area contributed by atoms with Gasteiger partial charge >= 0.3 is 0 Å². The molecule has 0 spiro atoms. The number of halogens is 2. The number of ether oxygens (including phenoxy) is 2. The summed E-state index contributed by atoms with van der Waals surface area (Å²) in [6.07, 6.45) is 6.28. The van der Waals surface area contributed by atoms with Crippen molar-refractivity contribution in [3.8, 4) is 11.5 Å². The number of alkyl halides is 1. The van der Waals surface area contributed by atoms with Crippen molar-refractivity contribution in [2.45, 2.75) is 43.9 Å². The van der Waals surface area contributed by atoms with E-state index in [1.165, 1.54) is 25.7 Å². The van der Waals surface area contributed by atoms with Crippen LogP contribution < -0.4 is 9.47 Å². The van der Waals surface area contributed by atoms with Gasteiger partial charge in [-0.2, -0.15) is 0 Å². The van der Waals surface area contributed by atoms with Crippen molar-refractivity contribution >= 4 is 27.5 Å². The van der Waals surface area contributed by atoms with Crippen LogP contribution in [-0.2, 0) is 0 Å². The lowest BCUT2D eigenvalue weighted by atomic mass is 9.77. The first-order chi connectivity index (χ1) is 9.57. The van der Waals surface area contributed by atoms with Crippen molar-refractivity contribution in [2.24, 2.45) is 5.41 Å². The van der Waals surface area contributed by atoms with Gasteiger partial charge in [-0.05, 0) is 36.3 Å². The Morgan fingerprint density at radius 3 is 2.25 bits per heavy atom. The molecule has 0 saturated heterocycles. The van der Waals surface area contributed by atoms with E-state index >= 15 is 0 Å². The van der Waals surface area contributed by atoms with E-state index in [1.54, 1.807) is 14.2 Å². The van der Waals surface area contributed by atoms with Gasteiger partial charge in [0.15, 0.2) is 11.5 Å². The summed E-state index contributed by atoms with van der Waals surface area (Å²) >= 11 is 10.4. The van der Waals surface area contributed by atoms with Gasteiger partial charge in [-0.3, -0.25) is 0 Å². The second kappa shape index (κ2) is 6.57. The van der Waals surface area contributed by atoms with E-state index in [1.807, 2.05) is 12.1 Å². The summed E-state index contributed by atoms with van der Waals surface area (Å²) in [5, 5.41) is 0.740. The van der Waals surface area contributed by atoms with Crippen LogP contribution in [0.5, 0.6) is 11.5 Å². The van der Waals surface area contributed by atoms with E-state index in [2.05, 4.69) is 22.9 Å². The molecule has 2 nitrogen and oxygen atoms in total. The van der Waals surface area contributed by atoms with Crippen molar-refractivity contribution < 1.29 is 9.47 Å². The molecule has 0 heterocycles. The lowest BCUT2D eigenvalue weighted by Crippen LogP contribution is -2.21. The van der Waals surface area contributed by atoms with Gasteiger partial charge in [0, 0.05) is 15.9 Å². The highest BCUT2D eigenvalue weighted by Gasteiger charge is 2.40. The number of hydrogen-bond acceptors (Lipinski definition) is 2. The van der Waals surface area contributed by atoms with Gasteiger partial charge in [0.1, 0.15) is 0 Å². The Bertz CT molecular complexity index is 470. The molecule has 0 aromatic heterocycles. The van der Waals surface area contributed by atoms with Crippen molar-refractivity contribution in [3.63, 3.8) is 0 Å². The van der Waals surface area contributed by atoms with Crippen LogP contribution in [0.15, 0.2) is 12.1 Å². The largest absolute Gasteiger partial charge is 0.493 e. The molecule has 112 valence electrons. The molecule has 1 aromatic rings. The molecule has 0 aliphatic heterocycles. The van der Waals surface area contributed by atoms with E-state index in [9.17, 15) is 0 Å². The summed E-state index contributed by atoms with van der Waals surface area (Å²) in [5.41, 5.74) is 1.41. The highest BCUT2D eigenvalue weighted by Crippen LogP contribution is 2.56. The Morgan fingerprint density at radius 2 is 1.75 bits per heavy atom. The third kappa shape index (κ3) is 2.80. The zero-order valence-electron chi connectivity index (χ0n) is 12.3. The monoisotopic (exact) mass is 360 g/mol. The molecule has 20 heavy (non-hydrogen) atoms. The lowest BCUT2D eigenvalue weighted by Gasteiger charge is -2.34. The van der Waals surface area contributed by atoms with E-state index in [4.69, 9.17) is 21.1 Å². The predicted molar refractivity (Wildman–Crippen MR) is 87.4 cm³/mol. The standard InChI is InChI=1S/C16H22BrClO2/c1-4-16(7-5-6-8-16)15(17)11-9-13(19-2)14(20-3)10-12(11)18/h9-10,15H,4-8H2,1-3H3. The van der Waals surface area contributed by atoms with Crippen molar-refractivity contribution in [2.75, 3.05) is 14.2 Å². The molecule has 1 aliphatic carbocycles. The first-order valence-corrected chi connectivity index (χ1v) is 8.43. The van der Waals surface area contributed by atoms with Gasteiger partial charge in [0.25, 0.3) is 0 Å². The highest BCUT2D eigenvalue weighted by molar-refractivity contribution is 9.09. The summed E-state index contributed by atoms with van der Waals surface area (Å²) in [5.74, 6) is 1.42. The molecule has 1 unspecified atom stereocenters. The zero-order valence-corrected chi connectivity index (χ0v) is 14.7. The van der Waals surface area contributed by atoms with E-state index < -0.39 is 0 Å². The van der Waals surface area contributed by atoms with Gasteiger partial charge in [0.2, 0.25) is 0 Å². The van der Waals surface area contributed by atoms with Crippen LogP contribution in [0.1, 0.15) is 49.4 Å². The summed E-state index contributed by atoms with van der Waals surface area (Å²) in [4.78, 5) is 0.259. The number of rotatable bonds is 5. The topological polar surface area (TPSA) is 18.5 Å². The van der Waals surface area contributed by atoms with E-state index in [0.717, 1.165) is 22.8 Å². The summed E-state index contributed by atoms with van der Waals surface area (Å²) in [6.45, 7) is 2.27. The first kappa shape index (κ1) is 16.0. The SMILES string of the molecule is CCC1(C(Br)c2cc(OC)c(OC)cc2Cl)CCCC1. The number of hydrogen-bond donors (Lipinski definition) is 0. The molecular formula is C16H22BrClO2. The predicted octanol–water partition coefficient (Wildman–Crippen LogP) is 5.76. The summed E-state index contributed by atoms with van der Waals surface area (Å²) < 4.78 is 10.7. The Morgan fingerprint density at radius 1 is 1.20 bits per heavy atom. The lowest BCUT2D eigenvalue weighted by molar-refractivity contribution is 0.278. The molecule has 1 aliphatic rings. The van der Waals surface area contributed by atoms with E-state index in [-0.39, 0.29) is 4.83 Å². The van der Waals surface area contributed by atoms with Gasteiger partial charge < -0.3 is 9.47 Å². The maximum atomic E-state index is 6.46. The van der Waals surface area contributed by atoms with Crippen molar-refractivity contribution in [1.29, 1.82) is 0 Å². The quantitative estimate of drug-likeness (QED) is 0.620. The molecule has 0 amide bonds. The summed E-state index contributed by atoms with van der Waals surface area (Å²) in [7, 11) is 3.29. The fraction of sp³-hybridized carbons (Fsp3) is 0.625. The molecule has 4 heteroatoms. The van der Waals surface area contributed by atoms with Crippen LogP contribution >= 0.6 is 27.5 Å². The molecule has 0 N–H and O–H groups in total. The summed E-state index contributed by atoms with van der Waals surface area (Å²) in [6, 6.07) is 3.86. The Kier molecular flexibility index (Phi) is 5.25. The second-order valence-corrected chi connectivity index (χ2v) is 6.84. The Hall–Kier alpha value is -0.410. The zero-order chi connectivity index (χ0) is 14.8. The number of methoxy groups -OCH3 is 2.